The minimum Gasteiger partial charge on any atom is -0.480 e. The first-order valence-electron chi connectivity index (χ1n) is 12.7. The quantitative estimate of drug-likeness (QED) is 0.0734. The van der Waals surface area contributed by atoms with E-state index in [0.29, 0.717) is 38.8 Å². The number of carboxylic acid groups (broad SMARTS) is 1. The van der Waals surface area contributed by atoms with Gasteiger partial charge in [0.15, 0.2) is 0 Å². The Morgan fingerprint density at radius 1 is 0.658 bits per heavy atom. The number of nitrogens with one attached hydrogen (secondary N) is 5. The molecule has 12 N–H and O–H groups in total. The molecule has 0 aromatic heterocycles. The summed E-state index contributed by atoms with van der Waals surface area (Å²) >= 11 is 0. The van der Waals surface area contributed by atoms with E-state index in [9.17, 15) is 33.9 Å². The third-order valence-electron chi connectivity index (χ3n) is 5.57. The summed E-state index contributed by atoms with van der Waals surface area (Å²) in [6.07, 6.45) is 3.17. The SMILES string of the molecule is C[C@H](NC(=O)CNC(=O)[C@@H](N)CCCCN)C(=O)N[C@@H](C)C(=O)N[C@@H](C)C(=O)N[C@@H](CCCCN)C(=O)O. The van der Waals surface area contributed by atoms with Crippen molar-refractivity contribution in [2.24, 2.45) is 17.2 Å². The second kappa shape index (κ2) is 18.9. The summed E-state index contributed by atoms with van der Waals surface area (Å²) in [5.41, 5.74) is 16.5. The number of nitrogens with two attached hydrogens (primary N) is 3. The maximum absolute atomic E-state index is 12.4. The number of hydrogen-bond donors (Lipinski definition) is 9. The van der Waals surface area contributed by atoms with Gasteiger partial charge >= 0.3 is 5.97 Å². The van der Waals surface area contributed by atoms with Gasteiger partial charge in [0.1, 0.15) is 24.2 Å². The number of amides is 5. The molecular weight excluding hydrogens is 500 g/mol. The molecule has 0 fully saturated rings. The molecule has 5 amide bonds. The summed E-state index contributed by atoms with van der Waals surface area (Å²) in [5.74, 6) is -4.38. The van der Waals surface area contributed by atoms with Crippen molar-refractivity contribution in [2.75, 3.05) is 19.6 Å². The Kier molecular flexibility index (Phi) is 17.2. The van der Waals surface area contributed by atoms with Crippen molar-refractivity contribution in [3.05, 3.63) is 0 Å². The van der Waals surface area contributed by atoms with E-state index in [-0.39, 0.29) is 13.0 Å². The molecule has 0 aliphatic carbocycles. The lowest BCUT2D eigenvalue weighted by atomic mass is 10.1. The normalized spacial score (nSPS) is 14.7. The molecule has 218 valence electrons. The molecular formula is C23H44N8O7. The van der Waals surface area contributed by atoms with Crippen molar-refractivity contribution in [3.8, 4) is 0 Å². The third kappa shape index (κ3) is 14.4. The smallest absolute Gasteiger partial charge is 0.326 e. The van der Waals surface area contributed by atoms with Gasteiger partial charge in [0.2, 0.25) is 29.5 Å². The molecule has 0 saturated heterocycles. The molecule has 15 nitrogen and oxygen atoms in total. The fourth-order valence-electron chi connectivity index (χ4n) is 3.15. The molecule has 0 aliphatic rings. The summed E-state index contributed by atoms with van der Waals surface area (Å²) in [6.45, 7) is 4.67. The molecule has 0 aromatic rings. The zero-order chi connectivity index (χ0) is 29.3. The van der Waals surface area contributed by atoms with Crippen LogP contribution in [0.4, 0.5) is 0 Å². The van der Waals surface area contributed by atoms with Gasteiger partial charge in [-0.25, -0.2) is 4.79 Å². The molecule has 0 unspecified atom stereocenters. The van der Waals surface area contributed by atoms with Crippen LogP contribution in [0.25, 0.3) is 0 Å². The summed E-state index contributed by atoms with van der Waals surface area (Å²) in [5, 5.41) is 21.3. The van der Waals surface area contributed by atoms with Gasteiger partial charge in [-0.15, -0.1) is 0 Å². The summed E-state index contributed by atoms with van der Waals surface area (Å²) < 4.78 is 0. The highest BCUT2D eigenvalue weighted by Crippen LogP contribution is 2.02. The van der Waals surface area contributed by atoms with E-state index in [1.54, 1.807) is 0 Å². The molecule has 0 aliphatic heterocycles. The standard InChI is InChI=1S/C23H44N8O7/c1-13(28-18(32)12-27-22(36)16(26)8-4-6-10-24)19(33)29-14(2)20(34)30-15(3)21(35)31-17(23(37)38)9-5-7-11-25/h13-17H,4-12,24-26H2,1-3H3,(H,27,36)(H,28,32)(H,29,33)(H,30,34)(H,31,35)(H,37,38)/t13-,14-,15-,16-,17-/m0/s1. The molecule has 0 rings (SSSR count). The lowest BCUT2D eigenvalue weighted by molar-refractivity contribution is -0.142. The number of carbonyl (C=O) groups is 6. The maximum atomic E-state index is 12.4. The van der Waals surface area contributed by atoms with Crippen LogP contribution in [0.1, 0.15) is 59.3 Å². The predicted molar refractivity (Wildman–Crippen MR) is 139 cm³/mol. The van der Waals surface area contributed by atoms with Gasteiger partial charge in [-0.05, 0) is 66.0 Å². The minimum atomic E-state index is -1.20. The monoisotopic (exact) mass is 544 g/mol. The number of unbranched alkanes of at least 4 members (excludes halogenated alkanes) is 2. The van der Waals surface area contributed by atoms with Crippen LogP contribution in [-0.4, -0.2) is 90.5 Å². The number of rotatable bonds is 19. The lowest BCUT2D eigenvalue weighted by Crippen LogP contribution is -2.56. The number of aliphatic carboxylic acids is 1. The van der Waals surface area contributed by atoms with Gasteiger partial charge in [0.05, 0.1) is 12.6 Å². The van der Waals surface area contributed by atoms with Crippen LogP contribution in [0.5, 0.6) is 0 Å². The van der Waals surface area contributed by atoms with Crippen molar-refractivity contribution in [2.45, 2.75) is 89.5 Å². The van der Waals surface area contributed by atoms with Crippen LogP contribution < -0.4 is 43.8 Å². The van der Waals surface area contributed by atoms with Gasteiger partial charge in [0.25, 0.3) is 0 Å². The van der Waals surface area contributed by atoms with E-state index in [1.807, 2.05) is 0 Å². The molecule has 0 aromatic carbocycles. The van der Waals surface area contributed by atoms with E-state index < -0.39 is 65.7 Å². The van der Waals surface area contributed by atoms with Gasteiger partial charge in [0, 0.05) is 0 Å². The van der Waals surface area contributed by atoms with Gasteiger partial charge in [-0.1, -0.05) is 6.42 Å². The van der Waals surface area contributed by atoms with Crippen LogP contribution in [0.3, 0.4) is 0 Å². The average molecular weight is 545 g/mol. The fraction of sp³-hybridized carbons (Fsp3) is 0.739. The maximum Gasteiger partial charge on any atom is 0.326 e. The largest absolute Gasteiger partial charge is 0.480 e. The first kappa shape index (κ1) is 34.7. The predicted octanol–water partition coefficient (Wildman–Crippen LogP) is -3.23. The van der Waals surface area contributed by atoms with Crippen molar-refractivity contribution < 1.29 is 33.9 Å². The highest BCUT2D eigenvalue weighted by Gasteiger charge is 2.26. The highest BCUT2D eigenvalue weighted by molar-refractivity contribution is 5.95. The second-order valence-corrected chi connectivity index (χ2v) is 9.04. The molecule has 0 radical (unpaired) electrons. The number of carboxylic acids is 1. The molecule has 0 saturated carbocycles. The second-order valence-electron chi connectivity index (χ2n) is 9.04. The first-order valence-corrected chi connectivity index (χ1v) is 12.7. The van der Waals surface area contributed by atoms with Crippen molar-refractivity contribution in [1.29, 1.82) is 0 Å². The minimum absolute atomic E-state index is 0.195. The molecule has 0 heterocycles. The van der Waals surface area contributed by atoms with Crippen LogP contribution in [0, 0.1) is 0 Å². The zero-order valence-electron chi connectivity index (χ0n) is 22.4. The molecule has 15 heteroatoms. The summed E-state index contributed by atoms with van der Waals surface area (Å²) in [7, 11) is 0. The Hall–Kier alpha value is -3.30. The average Bonchev–Trinajstić information content (AvgIpc) is 2.86. The van der Waals surface area contributed by atoms with Gasteiger partial charge < -0.3 is 48.9 Å². The van der Waals surface area contributed by atoms with Gasteiger partial charge in [-0.2, -0.15) is 0 Å². The third-order valence-corrected chi connectivity index (χ3v) is 5.57. The molecule has 0 bridgehead atoms. The molecule has 5 atom stereocenters. The van der Waals surface area contributed by atoms with Crippen LogP contribution in [-0.2, 0) is 28.8 Å². The van der Waals surface area contributed by atoms with E-state index in [0.717, 1.165) is 6.42 Å². The Morgan fingerprint density at radius 3 is 1.58 bits per heavy atom. The molecule has 38 heavy (non-hydrogen) atoms. The summed E-state index contributed by atoms with van der Waals surface area (Å²) in [6, 6.07) is -5.06. The first-order chi connectivity index (χ1) is 17.8. The fourth-order valence-corrected chi connectivity index (χ4v) is 3.15. The zero-order valence-corrected chi connectivity index (χ0v) is 22.4. The Labute approximate surface area is 222 Å². The molecule has 0 spiro atoms. The van der Waals surface area contributed by atoms with Crippen LogP contribution in [0.2, 0.25) is 0 Å². The Bertz CT molecular complexity index is 811. The van der Waals surface area contributed by atoms with Crippen molar-refractivity contribution in [1.82, 2.24) is 26.6 Å². The summed E-state index contributed by atoms with van der Waals surface area (Å²) in [4.78, 5) is 72.5. The van der Waals surface area contributed by atoms with Crippen LogP contribution >= 0.6 is 0 Å². The van der Waals surface area contributed by atoms with Gasteiger partial charge in [-0.3, -0.25) is 24.0 Å². The van der Waals surface area contributed by atoms with E-state index >= 15 is 0 Å². The number of hydrogen-bond acceptors (Lipinski definition) is 9. The highest BCUT2D eigenvalue weighted by atomic mass is 16.4. The van der Waals surface area contributed by atoms with Crippen molar-refractivity contribution >= 4 is 35.5 Å². The van der Waals surface area contributed by atoms with E-state index in [1.165, 1.54) is 20.8 Å². The lowest BCUT2D eigenvalue weighted by Gasteiger charge is -2.22. The van der Waals surface area contributed by atoms with E-state index in [4.69, 9.17) is 17.2 Å². The van der Waals surface area contributed by atoms with Crippen molar-refractivity contribution in [3.63, 3.8) is 0 Å². The number of carbonyl (C=O) groups excluding carboxylic acids is 5. The topological polar surface area (TPSA) is 261 Å². The van der Waals surface area contributed by atoms with E-state index in [2.05, 4.69) is 26.6 Å². The Morgan fingerprint density at radius 2 is 1.11 bits per heavy atom. The Balaban J connectivity index is 4.57. The van der Waals surface area contributed by atoms with Crippen LogP contribution in [0.15, 0.2) is 0 Å².